The lowest BCUT2D eigenvalue weighted by Gasteiger charge is -2.17. The van der Waals surface area contributed by atoms with Crippen LogP contribution in [0.3, 0.4) is 0 Å². The third-order valence-corrected chi connectivity index (χ3v) is 6.17. The zero-order chi connectivity index (χ0) is 20.1. The second-order valence-corrected chi connectivity index (χ2v) is 8.28. The number of aryl methyl sites for hydroxylation is 1. The summed E-state index contributed by atoms with van der Waals surface area (Å²) in [5, 5.41) is 0. The number of rotatable bonds is 6. The summed E-state index contributed by atoms with van der Waals surface area (Å²) in [7, 11) is 1.72. The van der Waals surface area contributed by atoms with E-state index in [4.69, 9.17) is 9.73 Å². The number of methoxy groups -OCH3 is 1. The number of aliphatic imine (C=N–C) groups is 1. The number of fused-ring (bicyclic) bond motifs is 2. The van der Waals surface area contributed by atoms with E-state index in [-0.39, 0.29) is 0 Å². The summed E-state index contributed by atoms with van der Waals surface area (Å²) < 4.78 is 5.65. The summed E-state index contributed by atoms with van der Waals surface area (Å²) in [4.78, 5) is 11.8. The first kappa shape index (κ1) is 19.8. The summed E-state index contributed by atoms with van der Waals surface area (Å²) in [6.07, 6.45) is 17.7. The van der Waals surface area contributed by atoms with E-state index in [2.05, 4.69) is 29.0 Å². The minimum atomic E-state index is 0.633. The third-order valence-electron chi connectivity index (χ3n) is 6.17. The molecule has 1 aliphatic heterocycles. The Kier molecular flexibility index (Phi) is 6.38. The minimum absolute atomic E-state index is 0.633. The van der Waals surface area contributed by atoms with Crippen LogP contribution < -0.4 is 0 Å². The quantitative estimate of drug-likeness (QED) is 0.580. The molecule has 2 aromatic heterocycles. The van der Waals surface area contributed by atoms with Crippen molar-refractivity contribution < 1.29 is 4.74 Å². The van der Waals surface area contributed by atoms with Crippen molar-refractivity contribution >= 4 is 11.8 Å². The monoisotopic (exact) mass is 391 g/mol. The summed E-state index contributed by atoms with van der Waals surface area (Å²) in [6, 6.07) is 6.47. The van der Waals surface area contributed by atoms with Gasteiger partial charge in [-0.25, -0.2) is 4.99 Å². The zero-order valence-corrected chi connectivity index (χ0v) is 17.8. The van der Waals surface area contributed by atoms with Gasteiger partial charge in [-0.1, -0.05) is 39.0 Å². The van der Waals surface area contributed by atoms with Gasteiger partial charge in [0, 0.05) is 23.7 Å². The molecule has 2 N–H and O–H groups in total. The fourth-order valence-electron chi connectivity index (χ4n) is 4.55. The second kappa shape index (κ2) is 9.34. The van der Waals surface area contributed by atoms with Crippen molar-refractivity contribution in [3.63, 3.8) is 0 Å². The highest BCUT2D eigenvalue weighted by Gasteiger charge is 2.21. The van der Waals surface area contributed by atoms with Gasteiger partial charge in [0.1, 0.15) is 11.5 Å². The molecule has 2 aliphatic rings. The maximum atomic E-state index is 5.65. The Balaban J connectivity index is 1.70. The van der Waals surface area contributed by atoms with Gasteiger partial charge in [0.05, 0.1) is 18.5 Å². The van der Waals surface area contributed by atoms with Crippen LogP contribution in [0.15, 0.2) is 46.9 Å². The maximum absolute atomic E-state index is 5.65. The molecule has 1 aliphatic carbocycles. The summed E-state index contributed by atoms with van der Waals surface area (Å²) in [5.74, 6) is 1.46. The van der Waals surface area contributed by atoms with Crippen LogP contribution in [0.5, 0.6) is 0 Å². The van der Waals surface area contributed by atoms with Crippen LogP contribution in [0.25, 0.3) is 6.08 Å². The number of aromatic nitrogens is 2. The highest BCUT2D eigenvalue weighted by atomic mass is 16.5. The normalized spacial score (nSPS) is 21.2. The Bertz CT molecular complexity index is 899. The molecular formula is C25H33N3O. The summed E-state index contributed by atoms with van der Waals surface area (Å²) in [5.41, 5.74) is 6.90. The first-order chi connectivity index (χ1) is 14.3. The Morgan fingerprint density at radius 1 is 1.24 bits per heavy atom. The molecule has 2 aromatic rings. The largest absolute Gasteiger partial charge is 0.494 e. The highest BCUT2D eigenvalue weighted by Crippen LogP contribution is 2.35. The Morgan fingerprint density at radius 3 is 2.93 bits per heavy atom. The minimum Gasteiger partial charge on any atom is -0.494 e. The van der Waals surface area contributed by atoms with E-state index >= 15 is 0 Å². The van der Waals surface area contributed by atoms with Gasteiger partial charge in [-0.15, -0.1) is 0 Å². The first-order valence-electron chi connectivity index (χ1n) is 11.2. The smallest absolute Gasteiger partial charge is 0.146 e. The number of allylic oxidation sites excluding steroid dienone is 1. The molecule has 0 saturated carbocycles. The topological polar surface area (TPSA) is 53.2 Å². The van der Waals surface area contributed by atoms with Gasteiger partial charge in [-0.05, 0) is 61.4 Å². The molecule has 0 saturated heterocycles. The van der Waals surface area contributed by atoms with E-state index in [1.807, 2.05) is 24.4 Å². The Hall–Kier alpha value is -2.49. The van der Waals surface area contributed by atoms with Crippen LogP contribution in [-0.2, 0) is 11.2 Å². The number of hydrogen-bond donors (Lipinski definition) is 2. The SMILES string of the molecule is CCCC[C@@H]1CCCCCCc2cc1c(C=C1N=C(c3ccc[nH]3)C=C1OC)[nH]2. The number of ether oxygens (including phenoxy) is 1. The number of nitrogens with one attached hydrogen (secondary N) is 2. The molecule has 4 heteroatoms. The zero-order valence-electron chi connectivity index (χ0n) is 17.8. The van der Waals surface area contributed by atoms with Crippen LogP contribution in [0.4, 0.5) is 0 Å². The van der Waals surface area contributed by atoms with Crippen LogP contribution in [0.2, 0.25) is 0 Å². The van der Waals surface area contributed by atoms with Gasteiger partial charge in [-0.2, -0.15) is 0 Å². The molecule has 0 unspecified atom stereocenters. The maximum Gasteiger partial charge on any atom is 0.146 e. The van der Waals surface area contributed by atoms with Gasteiger partial charge in [0.15, 0.2) is 0 Å². The average molecular weight is 392 g/mol. The molecule has 154 valence electrons. The van der Waals surface area contributed by atoms with E-state index in [1.54, 1.807) is 7.11 Å². The average Bonchev–Trinajstić information content (AvgIpc) is 3.47. The third kappa shape index (κ3) is 4.58. The fourth-order valence-corrected chi connectivity index (χ4v) is 4.55. The molecule has 2 bridgehead atoms. The van der Waals surface area contributed by atoms with E-state index in [0.717, 1.165) is 29.3 Å². The van der Waals surface area contributed by atoms with Crippen LogP contribution >= 0.6 is 0 Å². The van der Waals surface area contributed by atoms with Crippen molar-refractivity contribution in [2.75, 3.05) is 7.11 Å². The molecule has 0 amide bonds. The Morgan fingerprint density at radius 2 is 2.14 bits per heavy atom. The molecule has 0 aromatic carbocycles. The van der Waals surface area contributed by atoms with Crippen molar-refractivity contribution in [1.29, 1.82) is 0 Å². The van der Waals surface area contributed by atoms with Crippen molar-refractivity contribution in [3.05, 3.63) is 64.6 Å². The van der Waals surface area contributed by atoms with Gasteiger partial charge in [-0.3, -0.25) is 0 Å². The number of H-pyrrole nitrogens is 2. The van der Waals surface area contributed by atoms with E-state index in [1.165, 1.54) is 68.3 Å². The van der Waals surface area contributed by atoms with Gasteiger partial charge >= 0.3 is 0 Å². The van der Waals surface area contributed by atoms with E-state index in [9.17, 15) is 0 Å². The number of unbranched alkanes of at least 4 members (excludes halogenated alkanes) is 1. The molecular weight excluding hydrogens is 358 g/mol. The predicted octanol–water partition coefficient (Wildman–Crippen LogP) is 6.50. The molecule has 0 radical (unpaired) electrons. The highest BCUT2D eigenvalue weighted by molar-refractivity contribution is 6.11. The molecule has 0 spiro atoms. The first-order valence-corrected chi connectivity index (χ1v) is 11.2. The lowest BCUT2D eigenvalue weighted by atomic mass is 9.87. The molecule has 1 atom stereocenters. The molecule has 3 heterocycles. The van der Waals surface area contributed by atoms with Crippen molar-refractivity contribution in [2.45, 2.75) is 70.6 Å². The number of hydrogen-bond acceptors (Lipinski definition) is 2. The predicted molar refractivity (Wildman–Crippen MR) is 120 cm³/mol. The molecule has 4 rings (SSSR count). The standard InChI is InChI=1S/C25H33N3O/c1-3-4-10-18-11-7-5-6-8-12-19-15-20(18)22(27-19)16-24-25(29-2)17-23(28-24)21-13-9-14-26-21/h9,13-18,26-27H,3-8,10-12H2,1-2H3/t18-/m1/s1. The van der Waals surface area contributed by atoms with Crippen LogP contribution in [-0.4, -0.2) is 22.8 Å². The van der Waals surface area contributed by atoms with E-state index < -0.39 is 0 Å². The summed E-state index contributed by atoms with van der Waals surface area (Å²) >= 11 is 0. The van der Waals surface area contributed by atoms with Crippen molar-refractivity contribution in [1.82, 2.24) is 9.97 Å². The van der Waals surface area contributed by atoms with Crippen molar-refractivity contribution in [3.8, 4) is 0 Å². The lowest BCUT2D eigenvalue weighted by Crippen LogP contribution is -2.01. The second-order valence-electron chi connectivity index (χ2n) is 8.28. The molecule has 29 heavy (non-hydrogen) atoms. The number of aromatic amines is 2. The van der Waals surface area contributed by atoms with Gasteiger partial charge in [0.2, 0.25) is 0 Å². The lowest BCUT2D eigenvalue weighted by molar-refractivity contribution is 0.303. The van der Waals surface area contributed by atoms with E-state index in [0.29, 0.717) is 5.92 Å². The molecule has 4 nitrogen and oxygen atoms in total. The fraction of sp³-hybridized carbons (Fsp3) is 0.480. The summed E-state index contributed by atoms with van der Waals surface area (Å²) in [6.45, 7) is 2.29. The number of nitrogens with zero attached hydrogens (tertiary/aromatic N) is 1. The van der Waals surface area contributed by atoms with Gasteiger partial charge < -0.3 is 14.7 Å². The van der Waals surface area contributed by atoms with Crippen molar-refractivity contribution in [2.24, 2.45) is 4.99 Å². The van der Waals surface area contributed by atoms with Crippen LogP contribution in [0, 0.1) is 0 Å². The molecule has 0 fully saturated rings. The Labute approximate surface area is 174 Å². The van der Waals surface area contributed by atoms with Crippen LogP contribution in [0.1, 0.15) is 86.9 Å². The van der Waals surface area contributed by atoms with Gasteiger partial charge in [0.25, 0.3) is 0 Å².